The Hall–Kier alpha value is -0.0700. The van der Waals surface area contributed by atoms with Crippen LogP contribution in [-0.2, 0) is 0 Å². The molecule has 0 saturated heterocycles. The minimum atomic E-state index is -0.495. The quantitative estimate of drug-likeness (QED) is 0.493. The second-order valence-corrected chi connectivity index (χ2v) is 9.13. The van der Waals surface area contributed by atoms with E-state index in [1.165, 1.54) is 70.6 Å². The van der Waals surface area contributed by atoms with Gasteiger partial charge in [0.1, 0.15) is 6.17 Å². The van der Waals surface area contributed by atoms with E-state index in [0.717, 1.165) is 30.1 Å². The highest BCUT2D eigenvalue weighted by Crippen LogP contribution is 2.45. The van der Waals surface area contributed by atoms with Crippen molar-refractivity contribution in [3.05, 3.63) is 0 Å². The molecule has 1 heteroatoms. The maximum atomic E-state index is 14.8. The summed E-state index contributed by atoms with van der Waals surface area (Å²) in [6.45, 7) is 4.78. The van der Waals surface area contributed by atoms with E-state index in [1.807, 2.05) is 0 Å². The summed E-state index contributed by atoms with van der Waals surface area (Å²) in [5, 5.41) is 0. The smallest absolute Gasteiger partial charge is 0.103 e. The monoisotopic (exact) mass is 308 g/mol. The molecule has 3 aliphatic carbocycles. The average Bonchev–Trinajstić information content (AvgIpc) is 2.71. The summed E-state index contributed by atoms with van der Waals surface area (Å²) in [6, 6.07) is 0. The summed E-state index contributed by atoms with van der Waals surface area (Å²) in [6.07, 6.45) is 15.1. The van der Waals surface area contributed by atoms with E-state index < -0.39 is 6.17 Å². The molecule has 22 heavy (non-hydrogen) atoms. The zero-order valence-corrected chi connectivity index (χ0v) is 14.9. The largest absolute Gasteiger partial charge is 0.247 e. The fourth-order valence-corrected chi connectivity index (χ4v) is 5.79. The Kier molecular flexibility index (Phi) is 5.85. The van der Waals surface area contributed by atoms with Gasteiger partial charge < -0.3 is 0 Å². The lowest BCUT2D eigenvalue weighted by molar-refractivity contribution is 0.114. The van der Waals surface area contributed by atoms with Crippen LogP contribution in [0.3, 0.4) is 0 Å². The van der Waals surface area contributed by atoms with Gasteiger partial charge in [-0.1, -0.05) is 39.5 Å². The number of halogens is 1. The van der Waals surface area contributed by atoms with Crippen LogP contribution in [-0.4, -0.2) is 6.17 Å². The van der Waals surface area contributed by atoms with Gasteiger partial charge in [-0.25, -0.2) is 4.39 Å². The van der Waals surface area contributed by atoms with Crippen molar-refractivity contribution in [3.63, 3.8) is 0 Å². The van der Waals surface area contributed by atoms with Crippen molar-refractivity contribution in [2.24, 2.45) is 35.5 Å². The third-order valence-corrected chi connectivity index (χ3v) is 7.54. The molecule has 3 aliphatic rings. The number of rotatable bonds is 2. The lowest BCUT2D eigenvalue weighted by Gasteiger charge is -2.34. The second kappa shape index (κ2) is 7.67. The van der Waals surface area contributed by atoms with Gasteiger partial charge in [0.15, 0.2) is 0 Å². The van der Waals surface area contributed by atoms with Crippen LogP contribution in [0, 0.1) is 35.5 Å². The maximum Gasteiger partial charge on any atom is 0.103 e. The van der Waals surface area contributed by atoms with E-state index in [-0.39, 0.29) is 0 Å². The summed E-state index contributed by atoms with van der Waals surface area (Å²) in [4.78, 5) is 0. The van der Waals surface area contributed by atoms with E-state index in [2.05, 4.69) is 13.8 Å². The third kappa shape index (κ3) is 4.06. The molecular weight excluding hydrogens is 271 g/mol. The van der Waals surface area contributed by atoms with Crippen LogP contribution in [0.2, 0.25) is 0 Å². The Bertz CT molecular complexity index is 323. The Morgan fingerprint density at radius 2 is 0.909 bits per heavy atom. The highest BCUT2D eigenvalue weighted by molar-refractivity contribution is 4.87. The van der Waals surface area contributed by atoms with Crippen molar-refractivity contribution in [1.29, 1.82) is 0 Å². The van der Waals surface area contributed by atoms with E-state index in [1.54, 1.807) is 0 Å². The molecule has 128 valence electrons. The predicted molar refractivity (Wildman–Crippen MR) is 92.6 cm³/mol. The Morgan fingerprint density at radius 1 is 0.500 bits per heavy atom. The van der Waals surface area contributed by atoms with E-state index >= 15 is 0 Å². The highest BCUT2D eigenvalue weighted by atomic mass is 19.1. The zero-order chi connectivity index (χ0) is 15.5. The molecule has 0 radical (unpaired) electrons. The highest BCUT2D eigenvalue weighted by Gasteiger charge is 2.36. The molecule has 0 amide bonds. The van der Waals surface area contributed by atoms with Crippen molar-refractivity contribution in [2.75, 3.05) is 0 Å². The molecule has 3 rings (SSSR count). The summed E-state index contributed by atoms with van der Waals surface area (Å²) in [7, 11) is 0. The predicted octanol–water partition coefficient (Wildman–Crippen LogP) is 6.78. The number of hydrogen-bond donors (Lipinski definition) is 0. The number of alkyl halides is 1. The SMILES string of the molecule is CC1CCC(C2CCC(F)C(C3CCC(C)CC3)CC2)CC1. The van der Waals surface area contributed by atoms with E-state index in [0.29, 0.717) is 11.8 Å². The maximum absolute atomic E-state index is 14.8. The third-order valence-electron chi connectivity index (χ3n) is 7.54. The molecule has 3 unspecified atom stereocenters. The fraction of sp³-hybridized carbons (Fsp3) is 1.00. The topological polar surface area (TPSA) is 0 Å². The van der Waals surface area contributed by atoms with Crippen molar-refractivity contribution in [1.82, 2.24) is 0 Å². The Morgan fingerprint density at radius 3 is 1.45 bits per heavy atom. The number of hydrogen-bond acceptors (Lipinski definition) is 0. The first kappa shape index (κ1) is 16.8. The molecule has 3 fully saturated rings. The molecule has 0 heterocycles. The van der Waals surface area contributed by atoms with Crippen LogP contribution in [0.5, 0.6) is 0 Å². The van der Waals surface area contributed by atoms with E-state index in [9.17, 15) is 4.39 Å². The molecule has 0 N–H and O–H groups in total. The minimum Gasteiger partial charge on any atom is -0.247 e. The second-order valence-electron chi connectivity index (χ2n) is 9.13. The van der Waals surface area contributed by atoms with Crippen LogP contribution < -0.4 is 0 Å². The first-order valence-corrected chi connectivity index (χ1v) is 10.3. The molecule has 0 bridgehead atoms. The van der Waals surface area contributed by atoms with Crippen LogP contribution in [0.1, 0.15) is 90.9 Å². The normalized spacial score (nSPS) is 47.9. The van der Waals surface area contributed by atoms with Gasteiger partial charge in [0.25, 0.3) is 0 Å². The van der Waals surface area contributed by atoms with Gasteiger partial charge in [-0.15, -0.1) is 0 Å². The van der Waals surface area contributed by atoms with Gasteiger partial charge >= 0.3 is 0 Å². The molecule has 0 aromatic heterocycles. The van der Waals surface area contributed by atoms with Crippen molar-refractivity contribution in [3.8, 4) is 0 Å². The summed E-state index contributed by atoms with van der Waals surface area (Å²) in [5.74, 6) is 4.70. The fourth-order valence-electron chi connectivity index (χ4n) is 5.79. The lowest BCUT2D eigenvalue weighted by atomic mass is 9.72. The van der Waals surface area contributed by atoms with Crippen molar-refractivity contribution in [2.45, 2.75) is 97.1 Å². The molecule has 0 nitrogen and oxygen atoms in total. The Labute approximate surface area is 137 Å². The summed E-state index contributed by atoms with van der Waals surface area (Å²) < 4.78 is 14.8. The molecule has 0 spiro atoms. The van der Waals surface area contributed by atoms with Gasteiger partial charge in [0.05, 0.1) is 0 Å². The standard InChI is InChI=1S/C21H37F/c1-15-3-7-17(8-4-15)18-11-13-20(21(22)14-12-18)19-9-5-16(2)6-10-19/h15-21H,3-14H2,1-2H3. The van der Waals surface area contributed by atoms with Gasteiger partial charge in [-0.3, -0.25) is 0 Å². The molecule has 0 aromatic carbocycles. The van der Waals surface area contributed by atoms with Gasteiger partial charge in [0.2, 0.25) is 0 Å². The van der Waals surface area contributed by atoms with Crippen LogP contribution in [0.15, 0.2) is 0 Å². The van der Waals surface area contributed by atoms with Gasteiger partial charge in [-0.2, -0.15) is 0 Å². The van der Waals surface area contributed by atoms with Gasteiger partial charge in [0, 0.05) is 0 Å². The summed E-state index contributed by atoms with van der Waals surface area (Å²) in [5.41, 5.74) is 0. The molecule has 0 aromatic rings. The average molecular weight is 309 g/mol. The molecule has 3 saturated carbocycles. The molecule has 3 atom stereocenters. The van der Waals surface area contributed by atoms with E-state index in [4.69, 9.17) is 0 Å². The zero-order valence-electron chi connectivity index (χ0n) is 14.9. The lowest BCUT2D eigenvalue weighted by Crippen LogP contribution is -2.27. The summed E-state index contributed by atoms with van der Waals surface area (Å²) >= 11 is 0. The van der Waals surface area contributed by atoms with Crippen molar-refractivity contribution < 1.29 is 4.39 Å². The minimum absolute atomic E-state index is 0.403. The molecule has 0 aliphatic heterocycles. The van der Waals surface area contributed by atoms with Crippen molar-refractivity contribution >= 4 is 0 Å². The Balaban J connectivity index is 1.53. The molecular formula is C21H37F. The first-order valence-electron chi connectivity index (χ1n) is 10.3. The first-order chi connectivity index (χ1) is 10.6. The van der Waals surface area contributed by atoms with Gasteiger partial charge in [-0.05, 0) is 86.9 Å². The van der Waals surface area contributed by atoms with Crippen LogP contribution in [0.25, 0.3) is 0 Å². The van der Waals surface area contributed by atoms with Crippen LogP contribution in [0.4, 0.5) is 4.39 Å². The van der Waals surface area contributed by atoms with Crippen LogP contribution >= 0.6 is 0 Å².